The van der Waals surface area contributed by atoms with Gasteiger partial charge in [-0.25, -0.2) is 4.79 Å². The van der Waals surface area contributed by atoms with E-state index in [9.17, 15) is 14.7 Å². The first-order chi connectivity index (χ1) is 10.4. The smallest absolute Gasteiger partial charge is 0.330 e. The number of thiophene rings is 1. The van der Waals surface area contributed by atoms with Crippen LogP contribution in [0.3, 0.4) is 0 Å². The van der Waals surface area contributed by atoms with Gasteiger partial charge in [0, 0.05) is 11.4 Å². The average molecular weight is 319 g/mol. The summed E-state index contributed by atoms with van der Waals surface area (Å²) in [6.45, 7) is 3.75. The zero-order chi connectivity index (χ0) is 16.3. The highest BCUT2D eigenvalue weighted by Gasteiger charge is 2.25. The van der Waals surface area contributed by atoms with Crippen LogP contribution in [-0.2, 0) is 4.79 Å². The first kappa shape index (κ1) is 16.0. The van der Waals surface area contributed by atoms with Crippen molar-refractivity contribution in [2.45, 2.75) is 19.9 Å². The molecule has 0 aliphatic carbocycles. The molecule has 0 spiro atoms. The van der Waals surface area contributed by atoms with E-state index in [0.29, 0.717) is 16.2 Å². The Kier molecular flexibility index (Phi) is 4.82. The van der Waals surface area contributed by atoms with E-state index in [2.05, 4.69) is 5.32 Å². The Balaban J connectivity index is 2.27. The molecule has 0 saturated heterocycles. The summed E-state index contributed by atoms with van der Waals surface area (Å²) in [6, 6.07) is 5.91. The highest BCUT2D eigenvalue weighted by molar-refractivity contribution is 7.12. The Morgan fingerprint density at radius 2 is 2.05 bits per heavy atom. The van der Waals surface area contributed by atoms with Gasteiger partial charge >= 0.3 is 5.97 Å². The summed E-state index contributed by atoms with van der Waals surface area (Å²) in [5, 5.41) is 13.7. The van der Waals surface area contributed by atoms with E-state index in [1.807, 2.05) is 19.9 Å². The van der Waals surface area contributed by atoms with Crippen molar-refractivity contribution in [3.8, 4) is 5.75 Å². The molecule has 1 unspecified atom stereocenters. The molecule has 0 saturated carbocycles. The van der Waals surface area contributed by atoms with Crippen molar-refractivity contribution < 1.29 is 19.4 Å². The van der Waals surface area contributed by atoms with Gasteiger partial charge < -0.3 is 15.2 Å². The standard InChI is InChI=1S/C16H17NO4S/c1-9-5-4-6-12(10(9)2)14(16(19)20)17-15(18)13-7-11(21-3)8-22-13/h4-8,14H,1-3H3,(H,17,18)(H,19,20). The molecule has 1 atom stereocenters. The molecule has 1 aromatic carbocycles. The number of hydrogen-bond donors (Lipinski definition) is 2. The molecule has 0 aliphatic heterocycles. The molecule has 2 N–H and O–H groups in total. The van der Waals surface area contributed by atoms with Crippen molar-refractivity contribution in [3.63, 3.8) is 0 Å². The number of aliphatic carboxylic acids is 1. The van der Waals surface area contributed by atoms with Crippen molar-refractivity contribution in [2.24, 2.45) is 0 Å². The molecule has 5 nitrogen and oxygen atoms in total. The Morgan fingerprint density at radius 1 is 1.32 bits per heavy atom. The summed E-state index contributed by atoms with van der Waals surface area (Å²) < 4.78 is 5.03. The lowest BCUT2D eigenvalue weighted by molar-refractivity contribution is -0.139. The number of hydrogen-bond acceptors (Lipinski definition) is 4. The molecule has 2 aromatic rings. The maximum atomic E-state index is 12.2. The summed E-state index contributed by atoms with van der Waals surface area (Å²) in [6.07, 6.45) is 0. The Morgan fingerprint density at radius 3 is 2.64 bits per heavy atom. The first-order valence-electron chi connectivity index (χ1n) is 6.66. The van der Waals surface area contributed by atoms with Crippen molar-refractivity contribution in [2.75, 3.05) is 7.11 Å². The molecule has 116 valence electrons. The SMILES string of the molecule is COc1csc(C(=O)NC(C(=O)O)c2cccc(C)c2C)c1. The van der Waals surface area contributed by atoms with E-state index in [-0.39, 0.29) is 0 Å². The molecular weight excluding hydrogens is 302 g/mol. The van der Waals surface area contributed by atoms with Gasteiger partial charge in [0.15, 0.2) is 6.04 Å². The number of carbonyl (C=O) groups excluding carboxylic acids is 1. The zero-order valence-electron chi connectivity index (χ0n) is 12.5. The second kappa shape index (κ2) is 6.62. The number of ether oxygens (including phenoxy) is 1. The summed E-state index contributed by atoms with van der Waals surface area (Å²) in [4.78, 5) is 24.2. The van der Waals surface area contributed by atoms with Crippen LogP contribution in [0.25, 0.3) is 0 Å². The van der Waals surface area contributed by atoms with E-state index in [4.69, 9.17) is 4.74 Å². The van der Waals surface area contributed by atoms with Crippen LogP contribution in [0.1, 0.15) is 32.4 Å². The third-order valence-electron chi connectivity index (χ3n) is 3.51. The number of methoxy groups -OCH3 is 1. The lowest BCUT2D eigenvalue weighted by Gasteiger charge is -2.17. The Labute approximate surface area is 132 Å². The molecular formula is C16H17NO4S. The average Bonchev–Trinajstić information content (AvgIpc) is 2.96. The number of carboxylic acid groups (broad SMARTS) is 1. The summed E-state index contributed by atoms with van der Waals surface area (Å²) >= 11 is 1.21. The Bertz CT molecular complexity index is 708. The minimum Gasteiger partial charge on any atom is -0.496 e. The number of carbonyl (C=O) groups is 2. The molecule has 0 aliphatic rings. The van der Waals surface area contributed by atoms with E-state index < -0.39 is 17.9 Å². The number of amides is 1. The minimum atomic E-state index is -1.09. The van der Waals surface area contributed by atoms with Gasteiger partial charge in [-0.05, 0) is 30.5 Å². The monoisotopic (exact) mass is 319 g/mol. The van der Waals surface area contributed by atoms with Crippen LogP contribution in [0.4, 0.5) is 0 Å². The molecule has 2 rings (SSSR count). The van der Waals surface area contributed by atoms with Crippen LogP contribution in [-0.4, -0.2) is 24.1 Å². The van der Waals surface area contributed by atoms with Gasteiger partial charge in [-0.1, -0.05) is 18.2 Å². The number of aryl methyl sites for hydroxylation is 1. The van der Waals surface area contributed by atoms with Gasteiger partial charge in [0.25, 0.3) is 5.91 Å². The zero-order valence-corrected chi connectivity index (χ0v) is 13.4. The molecule has 1 aromatic heterocycles. The van der Waals surface area contributed by atoms with Crippen LogP contribution in [0.15, 0.2) is 29.6 Å². The fraction of sp³-hybridized carbons (Fsp3) is 0.250. The highest BCUT2D eigenvalue weighted by atomic mass is 32.1. The normalized spacial score (nSPS) is 11.8. The minimum absolute atomic E-state index is 0.411. The van der Waals surface area contributed by atoms with E-state index >= 15 is 0 Å². The van der Waals surface area contributed by atoms with Crippen LogP contribution in [0.2, 0.25) is 0 Å². The molecule has 22 heavy (non-hydrogen) atoms. The lowest BCUT2D eigenvalue weighted by atomic mass is 9.97. The predicted molar refractivity (Wildman–Crippen MR) is 84.6 cm³/mol. The Hall–Kier alpha value is -2.34. The second-order valence-electron chi connectivity index (χ2n) is 4.88. The van der Waals surface area contributed by atoms with Crippen molar-refractivity contribution >= 4 is 23.2 Å². The van der Waals surface area contributed by atoms with E-state index in [0.717, 1.165) is 11.1 Å². The third-order valence-corrected chi connectivity index (χ3v) is 4.42. The fourth-order valence-corrected chi connectivity index (χ4v) is 2.86. The highest BCUT2D eigenvalue weighted by Crippen LogP contribution is 2.24. The number of nitrogens with one attached hydrogen (secondary N) is 1. The first-order valence-corrected chi connectivity index (χ1v) is 7.54. The largest absolute Gasteiger partial charge is 0.496 e. The molecule has 0 fully saturated rings. The summed E-state index contributed by atoms with van der Waals surface area (Å²) in [7, 11) is 1.51. The number of carboxylic acids is 1. The summed E-state index contributed by atoms with van der Waals surface area (Å²) in [5.41, 5.74) is 2.43. The fourth-order valence-electron chi connectivity index (χ4n) is 2.11. The van der Waals surface area contributed by atoms with Crippen LogP contribution >= 0.6 is 11.3 Å². The van der Waals surface area contributed by atoms with Gasteiger partial charge in [0.05, 0.1) is 12.0 Å². The van der Waals surface area contributed by atoms with Crippen LogP contribution < -0.4 is 10.1 Å². The van der Waals surface area contributed by atoms with Gasteiger partial charge in [-0.3, -0.25) is 4.79 Å². The van der Waals surface area contributed by atoms with Crippen LogP contribution in [0.5, 0.6) is 5.75 Å². The topological polar surface area (TPSA) is 75.6 Å². The number of benzene rings is 1. The maximum Gasteiger partial charge on any atom is 0.330 e. The van der Waals surface area contributed by atoms with Gasteiger partial charge in [-0.2, -0.15) is 0 Å². The maximum absolute atomic E-state index is 12.2. The molecule has 1 amide bonds. The predicted octanol–water partition coefficient (Wildman–Crippen LogP) is 2.93. The molecule has 6 heteroatoms. The van der Waals surface area contributed by atoms with Crippen molar-refractivity contribution in [3.05, 3.63) is 51.2 Å². The van der Waals surface area contributed by atoms with Gasteiger partial charge in [-0.15, -0.1) is 11.3 Å². The van der Waals surface area contributed by atoms with Gasteiger partial charge in [0.2, 0.25) is 0 Å². The third kappa shape index (κ3) is 3.28. The van der Waals surface area contributed by atoms with Gasteiger partial charge in [0.1, 0.15) is 5.75 Å². The second-order valence-corrected chi connectivity index (χ2v) is 5.80. The lowest BCUT2D eigenvalue weighted by Crippen LogP contribution is -2.33. The van der Waals surface area contributed by atoms with Crippen molar-refractivity contribution in [1.82, 2.24) is 5.32 Å². The van der Waals surface area contributed by atoms with E-state index in [1.165, 1.54) is 18.4 Å². The summed E-state index contributed by atoms with van der Waals surface area (Å²) in [5.74, 6) is -0.944. The quantitative estimate of drug-likeness (QED) is 0.888. The van der Waals surface area contributed by atoms with E-state index in [1.54, 1.807) is 23.6 Å². The molecule has 1 heterocycles. The molecule has 0 bridgehead atoms. The molecule has 0 radical (unpaired) electrons. The number of rotatable bonds is 5. The van der Waals surface area contributed by atoms with Crippen molar-refractivity contribution in [1.29, 1.82) is 0 Å². The van der Waals surface area contributed by atoms with Crippen LogP contribution in [0, 0.1) is 13.8 Å².